The van der Waals surface area contributed by atoms with Gasteiger partial charge in [0.05, 0.1) is 29.7 Å². The van der Waals surface area contributed by atoms with E-state index in [-0.39, 0.29) is 24.9 Å². The van der Waals surface area contributed by atoms with Gasteiger partial charge in [0, 0.05) is 12.1 Å². The lowest BCUT2D eigenvalue weighted by molar-refractivity contribution is -0.136. The molecule has 1 unspecified atom stereocenters. The fraction of sp³-hybridized carbons (Fsp3) is 0.304. The fourth-order valence-corrected chi connectivity index (χ4v) is 3.21. The molecule has 0 saturated carbocycles. The van der Waals surface area contributed by atoms with Gasteiger partial charge >= 0.3 is 5.97 Å². The summed E-state index contributed by atoms with van der Waals surface area (Å²) >= 11 is 0. The molecular formula is C23H26N4O3. The number of nitrogens with one attached hydrogen (secondary N) is 2. The third-order valence-electron chi connectivity index (χ3n) is 4.68. The standard InChI is InChI=1S/C23H26N4O3/c1-15(2)13-20(27-21-14-25-18-5-3-4-6-19(18)26-21)16-7-9-17(10-8-16)23(30)24-12-11-22(28)29/h3-10,14-15,20H,11-13H2,1-2H3,(H,24,30)(H,26,27)(H,28,29). The van der Waals surface area contributed by atoms with Gasteiger partial charge in [0.15, 0.2) is 0 Å². The number of carboxylic acid groups (broad SMARTS) is 1. The number of aromatic nitrogens is 2. The summed E-state index contributed by atoms with van der Waals surface area (Å²) in [5.41, 5.74) is 3.22. The molecule has 0 fully saturated rings. The van der Waals surface area contributed by atoms with E-state index in [1.54, 1.807) is 18.3 Å². The number of fused-ring (bicyclic) bond motifs is 1. The first-order valence-electron chi connectivity index (χ1n) is 10.0. The highest BCUT2D eigenvalue weighted by atomic mass is 16.4. The van der Waals surface area contributed by atoms with Crippen molar-refractivity contribution in [3.8, 4) is 0 Å². The van der Waals surface area contributed by atoms with Gasteiger partial charge in [0.25, 0.3) is 5.91 Å². The Morgan fingerprint density at radius 3 is 2.40 bits per heavy atom. The Labute approximate surface area is 175 Å². The predicted octanol–water partition coefficient (Wildman–Crippen LogP) is 4.03. The molecule has 3 aromatic rings. The van der Waals surface area contributed by atoms with Gasteiger partial charge < -0.3 is 15.7 Å². The summed E-state index contributed by atoms with van der Waals surface area (Å²) in [5, 5.41) is 14.8. The second kappa shape index (κ2) is 9.82. The summed E-state index contributed by atoms with van der Waals surface area (Å²) in [6.45, 7) is 4.42. The Morgan fingerprint density at radius 1 is 1.03 bits per heavy atom. The van der Waals surface area contributed by atoms with Crippen molar-refractivity contribution in [1.29, 1.82) is 0 Å². The number of carboxylic acids is 1. The number of nitrogens with zero attached hydrogens (tertiary/aromatic N) is 2. The Balaban J connectivity index is 1.74. The molecule has 0 aliphatic rings. The molecule has 7 heteroatoms. The van der Waals surface area contributed by atoms with E-state index >= 15 is 0 Å². The third-order valence-corrected chi connectivity index (χ3v) is 4.68. The first kappa shape index (κ1) is 21.2. The van der Waals surface area contributed by atoms with Crippen LogP contribution in [-0.2, 0) is 4.79 Å². The van der Waals surface area contributed by atoms with Crippen molar-refractivity contribution in [2.24, 2.45) is 5.92 Å². The molecule has 3 N–H and O–H groups in total. The lowest BCUT2D eigenvalue weighted by Crippen LogP contribution is -2.26. The number of rotatable bonds is 9. The Hall–Kier alpha value is -3.48. The van der Waals surface area contributed by atoms with Crippen LogP contribution in [-0.4, -0.2) is 33.5 Å². The SMILES string of the molecule is CC(C)CC(Nc1cnc2ccccc2n1)c1ccc(C(=O)NCCC(=O)O)cc1. The monoisotopic (exact) mass is 406 g/mol. The lowest BCUT2D eigenvalue weighted by atomic mass is 9.96. The number of benzene rings is 2. The van der Waals surface area contributed by atoms with E-state index in [9.17, 15) is 9.59 Å². The van der Waals surface area contributed by atoms with Crippen molar-refractivity contribution in [3.05, 3.63) is 65.9 Å². The van der Waals surface area contributed by atoms with Crippen LogP contribution in [0.2, 0.25) is 0 Å². The van der Waals surface area contributed by atoms with Crippen molar-refractivity contribution in [1.82, 2.24) is 15.3 Å². The smallest absolute Gasteiger partial charge is 0.305 e. The van der Waals surface area contributed by atoms with Gasteiger partial charge in [-0.15, -0.1) is 0 Å². The van der Waals surface area contributed by atoms with E-state index in [0.717, 1.165) is 23.0 Å². The molecule has 30 heavy (non-hydrogen) atoms. The van der Waals surface area contributed by atoms with Gasteiger partial charge in [-0.25, -0.2) is 4.98 Å². The summed E-state index contributed by atoms with van der Waals surface area (Å²) in [5.74, 6) is -0.0636. The highest BCUT2D eigenvalue weighted by Gasteiger charge is 2.16. The first-order chi connectivity index (χ1) is 14.4. The summed E-state index contributed by atoms with van der Waals surface area (Å²) < 4.78 is 0. The van der Waals surface area contributed by atoms with Crippen LogP contribution in [0.5, 0.6) is 0 Å². The zero-order valence-electron chi connectivity index (χ0n) is 17.1. The molecule has 1 amide bonds. The molecule has 0 bridgehead atoms. The number of carbonyl (C=O) groups is 2. The second-order valence-electron chi connectivity index (χ2n) is 7.59. The lowest BCUT2D eigenvalue weighted by Gasteiger charge is -2.22. The fourth-order valence-electron chi connectivity index (χ4n) is 3.21. The Morgan fingerprint density at radius 2 is 1.73 bits per heavy atom. The number of carbonyl (C=O) groups excluding carboxylic acids is 1. The zero-order valence-corrected chi connectivity index (χ0v) is 17.1. The molecule has 1 aromatic heterocycles. The molecule has 0 saturated heterocycles. The zero-order chi connectivity index (χ0) is 21.5. The first-order valence-corrected chi connectivity index (χ1v) is 10.0. The van der Waals surface area contributed by atoms with Gasteiger partial charge in [-0.1, -0.05) is 38.1 Å². The second-order valence-corrected chi connectivity index (χ2v) is 7.59. The molecule has 7 nitrogen and oxygen atoms in total. The minimum absolute atomic E-state index is 0.0181. The van der Waals surface area contributed by atoms with E-state index in [2.05, 4.69) is 34.4 Å². The molecule has 0 spiro atoms. The number of para-hydroxylation sites is 2. The van der Waals surface area contributed by atoms with Gasteiger partial charge in [0.2, 0.25) is 0 Å². The van der Waals surface area contributed by atoms with Crippen LogP contribution >= 0.6 is 0 Å². The van der Waals surface area contributed by atoms with Crippen molar-refractivity contribution >= 4 is 28.7 Å². The van der Waals surface area contributed by atoms with Crippen molar-refractivity contribution < 1.29 is 14.7 Å². The Bertz CT molecular complexity index is 1020. The molecule has 156 valence electrons. The number of anilines is 1. The summed E-state index contributed by atoms with van der Waals surface area (Å²) in [4.78, 5) is 31.9. The molecule has 0 radical (unpaired) electrons. The van der Waals surface area contributed by atoms with Gasteiger partial charge in [0.1, 0.15) is 5.82 Å². The van der Waals surface area contributed by atoms with Crippen LogP contribution < -0.4 is 10.6 Å². The van der Waals surface area contributed by atoms with Crippen LogP contribution in [0.25, 0.3) is 11.0 Å². The highest BCUT2D eigenvalue weighted by Crippen LogP contribution is 2.26. The topological polar surface area (TPSA) is 104 Å². The molecule has 2 aromatic carbocycles. The predicted molar refractivity (Wildman–Crippen MR) is 116 cm³/mol. The van der Waals surface area contributed by atoms with E-state index < -0.39 is 5.97 Å². The molecule has 0 aliphatic heterocycles. The quantitative estimate of drug-likeness (QED) is 0.496. The van der Waals surface area contributed by atoms with Crippen molar-refractivity contribution in [3.63, 3.8) is 0 Å². The maximum absolute atomic E-state index is 12.2. The summed E-state index contributed by atoms with van der Waals surface area (Å²) in [7, 11) is 0. The van der Waals surface area contributed by atoms with Crippen LogP contribution in [0.15, 0.2) is 54.7 Å². The maximum atomic E-state index is 12.2. The van der Waals surface area contributed by atoms with E-state index in [0.29, 0.717) is 17.3 Å². The summed E-state index contributed by atoms with van der Waals surface area (Å²) in [6, 6.07) is 15.1. The number of amides is 1. The van der Waals surface area contributed by atoms with Crippen LogP contribution in [0.4, 0.5) is 5.82 Å². The molecule has 1 atom stereocenters. The van der Waals surface area contributed by atoms with Gasteiger partial charge in [-0.05, 0) is 42.2 Å². The van der Waals surface area contributed by atoms with Gasteiger partial charge in [-0.2, -0.15) is 0 Å². The number of hydrogen-bond donors (Lipinski definition) is 3. The van der Waals surface area contributed by atoms with Crippen LogP contribution in [0, 0.1) is 5.92 Å². The van der Waals surface area contributed by atoms with Crippen LogP contribution in [0.3, 0.4) is 0 Å². The minimum Gasteiger partial charge on any atom is -0.481 e. The normalized spacial score (nSPS) is 12.0. The number of hydrogen-bond acceptors (Lipinski definition) is 5. The van der Waals surface area contributed by atoms with E-state index in [1.807, 2.05) is 36.4 Å². The third kappa shape index (κ3) is 5.76. The van der Waals surface area contributed by atoms with E-state index in [1.165, 1.54) is 0 Å². The van der Waals surface area contributed by atoms with E-state index in [4.69, 9.17) is 5.11 Å². The van der Waals surface area contributed by atoms with Gasteiger partial charge in [-0.3, -0.25) is 14.6 Å². The van der Waals surface area contributed by atoms with Crippen LogP contribution in [0.1, 0.15) is 48.7 Å². The molecular weight excluding hydrogens is 380 g/mol. The average molecular weight is 406 g/mol. The maximum Gasteiger partial charge on any atom is 0.305 e. The number of aliphatic carboxylic acids is 1. The molecule has 1 heterocycles. The Kier molecular flexibility index (Phi) is 6.95. The average Bonchev–Trinajstić information content (AvgIpc) is 2.72. The minimum atomic E-state index is -0.940. The molecule has 3 rings (SSSR count). The summed E-state index contributed by atoms with van der Waals surface area (Å²) in [6.07, 6.45) is 2.52. The largest absolute Gasteiger partial charge is 0.481 e. The molecule has 0 aliphatic carbocycles. The van der Waals surface area contributed by atoms with Crippen molar-refractivity contribution in [2.45, 2.75) is 32.7 Å². The van der Waals surface area contributed by atoms with Crippen molar-refractivity contribution in [2.75, 3.05) is 11.9 Å². The highest BCUT2D eigenvalue weighted by molar-refractivity contribution is 5.94.